The number of nitrogens with zero attached hydrogens (tertiary/aromatic N) is 2. The van der Waals surface area contributed by atoms with Gasteiger partial charge in [0.05, 0.1) is 5.25 Å². The number of hydrogen-bond donors (Lipinski definition) is 0. The lowest BCUT2D eigenvalue weighted by Crippen LogP contribution is -2.13. The van der Waals surface area contributed by atoms with Crippen LogP contribution >= 0.6 is 50.8 Å². The second kappa shape index (κ2) is 9.05. The maximum absolute atomic E-state index is 12.4. The van der Waals surface area contributed by atoms with Gasteiger partial charge in [0, 0.05) is 15.8 Å². The molecule has 0 aliphatic heterocycles. The third kappa shape index (κ3) is 5.37. The van der Waals surface area contributed by atoms with Crippen molar-refractivity contribution in [3.63, 3.8) is 0 Å². The molecule has 22 heavy (non-hydrogen) atoms. The summed E-state index contributed by atoms with van der Waals surface area (Å²) < 4.78 is 2.82. The second-order valence-electron chi connectivity index (χ2n) is 4.67. The van der Waals surface area contributed by atoms with Gasteiger partial charge in [0.25, 0.3) is 0 Å². The highest BCUT2D eigenvalue weighted by atomic mass is 79.9. The summed E-state index contributed by atoms with van der Waals surface area (Å²) in [5.74, 6) is 1.19. The predicted molar refractivity (Wildman–Crippen MR) is 99.3 cm³/mol. The molecule has 118 valence electrons. The van der Waals surface area contributed by atoms with Crippen molar-refractivity contribution in [2.24, 2.45) is 0 Å². The fourth-order valence-electron chi connectivity index (χ4n) is 1.66. The maximum atomic E-state index is 12.4. The van der Waals surface area contributed by atoms with Crippen LogP contribution in [0, 0.1) is 0 Å². The van der Waals surface area contributed by atoms with Crippen molar-refractivity contribution in [1.29, 1.82) is 0 Å². The fraction of sp³-hybridized carbons (Fsp3) is 0.400. The van der Waals surface area contributed by atoms with Gasteiger partial charge in [0.15, 0.2) is 14.5 Å². The number of carbonyl (C=O) groups is 1. The van der Waals surface area contributed by atoms with Crippen LogP contribution in [0.25, 0.3) is 0 Å². The van der Waals surface area contributed by atoms with Gasteiger partial charge in [0.1, 0.15) is 0 Å². The van der Waals surface area contributed by atoms with Gasteiger partial charge < -0.3 is 0 Å². The molecule has 1 unspecified atom stereocenters. The van der Waals surface area contributed by atoms with Crippen LogP contribution < -0.4 is 0 Å². The molecule has 3 nitrogen and oxygen atoms in total. The van der Waals surface area contributed by atoms with Crippen LogP contribution in [0.3, 0.4) is 0 Å². The van der Waals surface area contributed by atoms with Crippen LogP contribution in [0.5, 0.6) is 0 Å². The Morgan fingerprint density at radius 2 is 1.95 bits per heavy atom. The average molecular weight is 417 g/mol. The van der Waals surface area contributed by atoms with Gasteiger partial charge in [-0.1, -0.05) is 76.3 Å². The molecule has 0 bridgehead atoms. The van der Waals surface area contributed by atoms with E-state index in [0.29, 0.717) is 0 Å². The molecule has 0 saturated heterocycles. The molecule has 0 N–H and O–H groups in total. The van der Waals surface area contributed by atoms with Crippen molar-refractivity contribution in [3.05, 3.63) is 34.3 Å². The molecule has 0 aliphatic rings. The maximum Gasteiger partial charge on any atom is 0.175 e. The van der Waals surface area contributed by atoms with Gasteiger partial charge in [-0.05, 0) is 25.5 Å². The molecule has 0 spiro atoms. The van der Waals surface area contributed by atoms with Gasteiger partial charge in [-0.2, -0.15) is 0 Å². The Kier molecular flexibility index (Phi) is 7.40. The highest BCUT2D eigenvalue weighted by Crippen LogP contribution is 2.32. The molecule has 7 heteroatoms. The normalized spacial score (nSPS) is 12.3. The summed E-state index contributed by atoms with van der Waals surface area (Å²) in [7, 11) is 0. The Morgan fingerprint density at radius 1 is 1.27 bits per heavy atom. The SMILES string of the molecule is CCCCSc1nnc(SC(C)C(=O)c2ccc(Br)cc2)s1. The quantitative estimate of drug-likeness (QED) is 0.320. The molecular weight excluding hydrogens is 400 g/mol. The van der Waals surface area contributed by atoms with E-state index in [2.05, 4.69) is 33.1 Å². The highest BCUT2D eigenvalue weighted by molar-refractivity contribution is 9.10. The van der Waals surface area contributed by atoms with Crippen LogP contribution in [0.4, 0.5) is 0 Å². The lowest BCUT2D eigenvalue weighted by molar-refractivity contribution is 0.0994. The number of hydrogen-bond acceptors (Lipinski definition) is 6. The number of halogens is 1. The molecule has 0 saturated carbocycles. The summed E-state index contributed by atoms with van der Waals surface area (Å²) in [6.07, 6.45) is 2.37. The number of carbonyl (C=O) groups excluding carboxylic acids is 1. The van der Waals surface area contributed by atoms with E-state index in [4.69, 9.17) is 0 Å². The summed E-state index contributed by atoms with van der Waals surface area (Å²) >= 11 is 8.17. The van der Waals surface area contributed by atoms with E-state index in [-0.39, 0.29) is 11.0 Å². The molecule has 0 radical (unpaired) electrons. The first kappa shape index (κ1) is 18.0. The van der Waals surface area contributed by atoms with Crippen LogP contribution in [0.2, 0.25) is 0 Å². The molecule has 0 amide bonds. The van der Waals surface area contributed by atoms with E-state index in [1.165, 1.54) is 24.6 Å². The van der Waals surface area contributed by atoms with Crippen molar-refractivity contribution in [2.45, 2.75) is 40.6 Å². The van der Waals surface area contributed by atoms with Gasteiger partial charge in [-0.3, -0.25) is 4.79 Å². The topological polar surface area (TPSA) is 42.9 Å². The minimum absolute atomic E-state index is 0.118. The zero-order valence-corrected chi connectivity index (χ0v) is 16.4. The van der Waals surface area contributed by atoms with Crippen molar-refractivity contribution in [1.82, 2.24) is 10.2 Å². The van der Waals surface area contributed by atoms with Crippen LogP contribution in [0.15, 0.2) is 37.4 Å². The predicted octanol–water partition coefficient (Wildman–Crippen LogP) is 5.56. The third-order valence-corrected chi connectivity index (χ3v) is 6.74. The van der Waals surface area contributed by atoms with Crippen LogP contribution in [0.1, 0.15) is 37.0 Å². The second-order valence-corrected chi connectivity index (χ2v) is 9.49. The standard InChI is InChI=1S/C15H17BrN2OS3/c1-3-4-9-20-14-17-18-15(22-14)21-10(2)13(19)11-5-7-12(16)8-6-11/h5-8,10H,3-4,9H2,1-2H3. The Balaban J connectivity index is 1.92. The van der Waals surface area contributed by atoms with Crippen LogP contribution in [-0.2, 0) is 0 Å². The monoisotopic (exact) mass is 416 g/mol. The Hall–Kier alpha value is -0.370. The van der Waals surface area contributed by atoms with Gasteiger partial charge >= 0.3 is 0 Å². The zero-order chi connectivity index (χ0) is 15.9. The van der Waals surface area contributed by atoms with Crippen molar-refractivity contribution in [2.75, 3.05) is 5.75 Å². The number of benzene rings is 1. The summed E-state index contributed by atoms with van der Waals surface area (Å²) in [4.78, 5) is 12.4. The number of aromatic nitrogens is 2. The van der Waals surface area contributed by atoms with E-state index in [1.807, 2.05) is 31.2 Å². The molecule has 2 aromatic rings. The first-order valence-electron chi connectivity index (χ1n) is 7.03. The van der Waals surface area contributed by atoms with Gasteiger partial charge in [0.2, 0.25) is 0 Å². The Morgan fingerprint density at radius 3 is 2.64 bits per heavy atom. The highest BCUT2D eigenvalue weighted by Gasteiger charge is 2.18. The van der Waals surface area contributed by atoms with Crippen LogP contribution in [-0.4, -0.2) is 27.0 Å². The van der Waals surface area contributed by atoms with Crippen molar-refractivity contribution in [3.8, 4) is 0 Å². The van der Waals surface area contributed by atoms with Crippen molar-refractivity contribution < 1.29 is 4.79 Å². The molecule has 2 rings (SSSR count). The minimum Gasteiger partial charge on any atom is -0.293 e. The van der Waals surface area contributed by atoms with Gasteiger partial charge in [-0.25, -0.2) is 0 Å². The van der Waals surface area contributed by atoms with Gasteiger partial charge in [-0.15, -0.1) is 10.2 Å². The molecule has 1 aromatic carbocycles. The van der Waals surface area contributed by atoms with E-state index < -0.39 is 0 Å². The fourth-order valence-corrected chi connectivity index (χ4v) is 5.32. The molecule has 0 aliphatic carbocycles. The zero-order valence-electron chi connectivity index (χ0n) is 12.4. The summed E-state index contributed by atoms with van der Waals surface area (Å²) in [6, 6.07) is 7.46. The lowest BCUT2D eigenvalue weighted by atomic mass is 10.1. The summed E-state index contributed by atoms with van der Waals surface area (Å²) in [5, 5.41) is 8.19. The van der Waals surface area contributed by atoms with Crippen molar-refractivity contribution >= 4 is 56.6 Å². The largest absolute Gasteiger partial charge is 0.293 e. The third-order valence-electron chi connectivity index (χ3n) is 2.89. The Bertz CT molecular complexity index is 616. The lowest BCUT2D eigenvalue weighted by Gasteiger charge is -2.07. The minimum atomic E-state index is -0.164. The number of unbranched alkanes of at least 4 members (excludes halogenated alkanes) is 1. The molecule has 1 atom stereocenters. The number of ketones is 1. The average Bonchev–Trinajstić information content (AvgIpc) is 2.95. The number of rotatable bonds is 8. The smallest absolute Gasteiger partial charge is 0.175 e. The van der Waals surface area contributed by atoms with E-state index in [0.717, 1.165) is 24.5 Å². The molecule has 0 fully saturated rings. The molecule has 1 heterocycles. The Labute approximate surface area is 151 Å². The van der Waals surface area contributed by atoms with E-state index in [1.54, 1.807) is 23.1 Å². The number of thioether (sulfide) groups is 2. The number of Topliss-reactive ketones (excluding diaryl/α,β-unsaturated/α-hetero) is 1. The first-order chi connectivity index (χ1) is 10.6. The van der Waals surface area contributed by atoms with E-state index >= 15 is 0 Å². The molecular formula is C15H17BrN2OS3. The summed E-state index contributed by atoms with van der Waals surface area (Å²) in [5.41, 5.74) is 0.727. The van der Waals surface area contributed by atoms with E-state index in [9.17, 15) is 4.79 Å². The summed E-state index contributed by atoms with van der Waals surface area (Å²) in [6.45, 7) is 4.09. The molecule has 1 aromatic heterocycles. The first-order valence-corrected chi connectivity index (χ1v) is 10.5.